The molecule has 1 fully saturated rings. The lowest BCUT2D eigenvalue weighted by Gasteiger charge is -2.16. The fourth-order valence-electron chi connectivity index (χ4n) is 2.38. The zero-order valence-corrected chi connectivity index (χ0v) is 13.3. The van der Waals surface area contributed by atoms with Gasteiger partial charge in [0.1, 0.15) is 5.70 Å². The van der Waals surface area contributed by atoms with Gasteiger partial charge in [-0.2, -0.15) is 0 Å². The van der Waals surface area contributed by atoms with E-state index in [0.29, 0.717) is 10.8 Å². The maximum Gasteiger partial charge on any atom is 0.281 e. The van der Waals surface area contributed by atoms with Crippen LogP contribution < -0.4 is 4.90 Å². The number of nitrogens with zero attached hydrogens (tertiary/aromatic N) is 2. The van der Waals surface area contributed by atoms with Crippen molar-refractivity contribution in [1.29, 1.82) is 0 Å². The molecular weight excluding hydrogens is 292 g/mol. The SMILES string of the molecule is Cc1ccc(/C=C2\C(=O)N(c3ccccc3)C(=S)N2C)cc1. The molecule has 22 heavy (non-hydrogen) atoms. The number of anilines is 1. The van der Waals surface area contributed by atoms with E-state index in [-0.39, 0.29) is 5.91 Å². The number of likely N-dealkylation sites (N-methyl/N-ethyl adjacent to an activating group) is 1. The first kappa shape index (κ1) is 14.5. The lowest BCUT2D eigenvalue weighted by atomic mass is 10.1. The molecule has 0 aromatic heterocycles. The summed E-state index contributed by atoms with van der Waals surface area (Å²) in [4.78, 5) is 16.0. The van der Waals surface area contributed by atoms with Gasteiger partial charge in [-0.05, 0) is 42.9 Å². The van der Waals surface area contributed by atoms with Gasteiger partial charge in [0, 0.05) is 7.05 Å². The van der Waals surface area contributed by atoms with Gasteiger partial charge in [-0.3, -0.25) is 9.69 Å². The number of thiocarbonyl (C=S) groups is 1. The van der Waals surface area contributed by atoms with Crippen molar-refractivity contribution in [2.75, 3.05) is 11.9 Å². The van der Waals surface area contributed by atoms with Crippen molar-refractivity contribution in [2.24, 2.45) is 0 Å². The Morgan fingerprint density at radius 3 is 2.27 bits per heavy atom. The fraction of sp³-hybridized carbons (Fsp3) is 0.111. The minimum atomic E-state index is -0.0979. The second-order valence-corrected chi connectivity index (χ2v) is 5.62. The van der Waals surface area contributed by atoms with Gasteiger partial charge in [-0.15, -0.1) is 0 Å². The quantitative estimate of drug-likeness (QED) is 0.625. The van der Waals surface area contributed by atoms with Crippen LogP contribution in [0, 0.1) is 6.92 Å². The van der Waals surface area contributed by atoms with Crippen molar-refractivity contribution in [2.45, 2.75) is 6.92 Å². The Labute approximate surface area is 135 Å². The molecule has 1 heterocycles. The third-order valence-electron chi connectivity index (χ3n) is 3.66. The van der Waals surface area contributed by atoms with Crippen LogP contribution in [0.2, 0.25) is 0 Å². The van der Waals surface area contributed by atoms with Gasteiger partial charge < -0.3 is 4.90 Å². The Morgan fingerprint density at radius 1 is 1.00 bits per heavy atom. The molecule has 1 aliphatic heterocycles. The number of amides is 1. The van der Waals surface area contributed by atoms with E-state index in [1.165, 1.54) is 5.56 Å². The van der Waals surface area contributed by atoms with Crippen LogP contribution in [0.15, 0.2) is 60.3 Å². The summed E-state index contributed by atoms with van der Waals surface area (Å²) in [6, 6.07) is 17.5. The maximum absolute atomic E-state index is 12.7. The molecule has 0 radical (unpaired) electrons. The summed E-state index contributed by atoms with van der Waals surface area (Å²) in [5.74, 6) is -0.0979. The number of carbonyl (C=O) groups is 1. The maximum atomic E-state index is 12.7. The zero-order chi connectivity index (χ0) is 15.7. The number of hydrogen-bond acceptors (Lipinski definition) is 2. The lowest BCUT2D eigenvalue weighted by molar-refractivity contribution is -0.114. The Bertz CT molecular complexity index is 750. The van der Waals surface area contributed by atoms with E-state index < -0.39 is 0 Å². The average Bonchev–Trinajstić information content (AvgIpc) is 2.74. The molecule has 1 amide bonds. The molecule has 3 nitrogen and oxygen atoms in total. The summed E-state index contributed by atoms with van der Waals surface area (Å²) in [5.41, 5.74) is 3.54. The number of benzene rings is 2. The van der Waals surface area contributed by atoms with Crippen LogP contribution in [-0.4, -0.2) is 23.0 Å². The number of carbonyl (C=O) groups excluding carboxylic acids is 1. The molecule has 3 rings (SSSR count). The smallest absolute Gasteiger partial charge is 0.281 e. The monoisotopic (exact) mass is 308 g/mol. The Balaban J connectivity index is 1.99. The van der Waals surface area contributed by atoms with E-state index in [9.17, 15) is 4.79 Å². The van der Waals surface area contributed by atoms with Gasteiger partial charge in [-0.1, -0.05) is 48.0 Å². The van der Waals surface area contributed by atoms with E-state index in [4.69, 9.17) is 12.2 Å². The second kappa shape index (κ2) is 5.73. The van der Waals surface area contributed by atoms with Crippen molar-refractivity contribution < 1.29 is 4.79 Å². The van der Waals surface area contributed by atoms with E-state index in [0.717, 1.165) is 11.3 Å². The van der Waals surface area contributed by atoms with Gasteiger partial charge in [0.15, 0.2) is 5.11 Å². The highest BCUT2D eigenvalue weighted by Gasteiger charge is 2.36. The molecule has 2 aromatic rings. The minimum Gasteiger partial charge on any atom is -0.317 e. The van der Waals surface area contributed by atoms with Crippen molar-refractivity contribution in [3.63, 3.8) is 0 Å². The highest BCUT2D eigenvalue weighted by molar-refractivity contribution is 7.80. The van der Waals surface area contributed by atoms with E-state index in [1.54, 1.807) is 9.80 Å². The van der Waals surface area contributed by atoms with Gasteiger partial charge in [-0.25, -0.2) is 0 Å². The van der Waals surface area contributed by atoms with Gasteiger partial charge >= 0.3 is 0 Å². The fourth-order valence-corrected chi connectivity index (χ4v) is 2.67. The topological polar surface area (TPSA) is 23.6 Å². The van der Waals surface area contributed by atoms with Crippen molar-refractivity contribution in [1.82, 2.24) is 4.90 Å². The summed E-state index contributed by atoms with van der Waals surface area (Å²) in [7, 11) is 1.82. The lowest BCUT2D eigenvalue weighted by Crippen LogP contribution is -2.30. The van der Waals surface area contributed by atoms with Crippen LogP contribution in [0.3, 0.4) is 0 Å². The first-order valence-corrected chi connectivity index (χ1v) is 7.44. The number of para-hydroxylation sites is 1. The predicted octanol–water partition coefficient (Wildman–Crippen LogP) is 3.60. The summed E-state index contributed by atoms with van der Waals surface area (Å²) in [6.45, 7) is 2.04. The molecule has 0 spiro atoms. The van der Waals surface area contributed by atoms with E-state index in [2.05, 4.69) is 0 Å². The molecule has 0 saturated carbocycles. The molecule has 0 N–H and O–H groups in total. The molecule has 1 saturated heterocycles. The van der Waals surface area contributed by atoms with E-state index in [1.807, 2.05) is 74.6 Å². The van der Waals surface area contributed by atoms with Crippen LogP contribution in [0.5, 0.6) is 0 Å². The Morgan fingerprint density at radius 2 is 1.64 bits per heavy atom. The Kier molecular flexibility index (Phi) is 3.77. The zero-order valence-electron chi connectivity index (χ0n) is 12.5. The summed E-state index contributed by atoms with van der Waals surface area (Å²) in [6.07, 6.45) is 1.87. The summed E-state index contributed by atoms with van der Waals surface area (Å²) in [5, 5.41) is 0.495. The molecule has 0 bridgehead atoms. The van der Waals surface area contributed by atoms with Crippen LogP contribution in [-0.2, 0) is 4.79 Å². The highest BCUT2D eigenvalue weighted by Crippen LogP contribution is 2.27. The summed E-state index contributed by atoms with van der Waals surface area (Å²) < 4.78 is 0. The van der Waals surface area contributed by atoms with Crippen molar-refractivity contribution in [3.05, 3.63) is 71.4 Å². The molecule has 2 aromatic carbocycles. The van der Waals surface area contributed by atoms with Crippen LogP contribution in [0.25, 0.3) is 6.08 Å². The molecular formula is C18H16N2OS. The first-order chi connectivity index (χ1) is 10.6. The minimum absolute atomic E-state index is 0.0979. The van der Waals surface area contributed by atoms with Crippen LogP contribution in [0.1, 0.15) is 11.1 Å². The second-order valence-electron chi connectivity index (χ2n) is 5.26. The van der Waals surface area contributed by atoms with Crippen LogP contribution in [0.4, 0.5) is 5.69 Å². The molecule has 110 valence electrons. The van der Waals surface area contributed by atoms with Gasteiger partial charge in [0.05, 0.1) is 5.69 Å². The molecule has 0 atom stereocenters. The van der Waals surface area contributed by atoms with Crippen LogP contribution >= 0.6 is 12.2 Å². The largest absolute Gasteiger partial charge is 0.317 e. The van der Waals surface area contributed by atoms with Gasteiger partial charge in [0.25, 0.3) is 5.91 Å². The summed E-state index contributed by atoms with van der Waals surface area (Å²) >= 11 is 5.43. The average molecular weight is 308 g/mol. The Hall–Kier alpha value is -2.46. The number of hydrogen-bond donors (Lipinski definition) is 0. The molecule has 1 aliphatic rings. The molecule has 0 unspecified atom stereocenters. The first-order valence-electron chi connectivity index (χ1n) is 7.03. The predicted molar refractivity (Wildman–Crippen MR) is 93.4 cm³/mol. The van der Waals surface area contributed by atoms with E-state index >= 15 is 0 Å². The standard InChI is InChI=1S/C18H16N2OS/c1-13-8-10-14(11-9-13)12-16-17(21)20(18(22)19(16)2)15-6-4-3-5-7-15/h3-12H,1-2H3/b16-12+. The third kappa shape index (κ3) is 2.53. The normalized spacial score (nSPS) is 16.7. The highest BCUT2D eigenvalue weighted by atomic mass is 32.1. The van der Waals surface area contributed by atoms with Crippen molar-refractivity contribution >= 4 is 35.0 Å². The molecule has 4 heteroatoms. The number of aryl methyl sites for hydroxylation is 1. The van der Waals surface area contributed by atoms with Crippen molar-refractivity contribution in [3.8, 4) is 0 Å². The van der Waals surface area contributed by atoms with Gasteiger partial charge in [0.2, 0.25) is 0 Å². The number of rotatable bonds is 2. The molecule has 0 aliphatic carbocycles. The third-order valence-corrected chi connectivity index (χ3v) is 4.11.